The van der Waals surface area contributed by atoms with Crippen LogP contribution in [0.5, 0.6) is 0 Å². The molecule has 7 heteroatoms. The van der Waals surface area contributed by atoms with E-state index in [4.69, 9.17) is 4.42 Å². The predicted octanol–water partition coefficient (Wildman–Crippen LogP) is 7.08. The summed E-state index contributed by atoms with van der Waals surface area (Å²) in [6.07, 6.45) is 7.82. The van der Waals surface area contributed by atoms with Crippen LogP contribution in [0.4, 0.5) is 11.4 Å². The number of amides is 2. The summed E-state index contributed by atoms with van der Waals surface area (Å²) in [6.45, 7) is 5.29. The third-order valence-electron chi connectivity index (χ3n) is 8.08. The summed E-state index contributed by atoms with van der Waals surface area (Å²) in [5, 5.41) is 9.60. The second kappa shape index (κ2) is 12.5. The zero-order valence-corrected chi connectivity index (χ0v) is 23.9. The molecule has 3 heterocycles. The molecule has 4 aromatic rings. The van der Waals surface area contributed by atoms with Gasteiger partial charge in [-0.05, 0) is 79.9 Å². The summed E-state index contributed by atoms with van der Waals surface area (Å²) in [4.78, 5) is 29.3. The van der Waals surface area contributed by atoms with Gasteiger partial charge in [0.25, 0.3) is 11.8 Å². The standard InChI is InChI=1S/C35H36N4O3/c1-2-30(25-9-5-3-6-10-25)37-34(40)26-13-16-31-29(21-26)32(35(41)38-31)33(27-17-20-42-23-27)36-28-14-11-24(12-15-28)22-39-18-7-4-8-19-39/h3,5-6,9-17,20-21,23,30,36H,2,4,7-8,18-19,22H2,1H3,(H,37,40)(H,38,41)/b33-32-/t30-/m1/s1. The molecule has 3 N–H and O–H groups in total. The lowest BCUT2D eigenvalue weighted by atomic mass is 9.98. The Labute approximate surface area is 246 Å². The average molecular weight is 561 g/mol. The second-order valence-corrected chi connectivity index (χ2v) is 11.0. The van der Waals surface area contributed by atoms with E-state index in [9.17, 15) is 9.59 Å². The molecule has 0 bridgehead atoms. The molecule has 1 saturated heterocycles. The number of fused-ring (bicyclic) bond motifs is 1. The average Bonchev–Trinajstić information content (AvgIpc) is 3.68. The number of carbonyl (C=O) groups is 2. The minimum atomic E-state index is -0.233. The number of anilines is 2. The van der Waals surface area contributed by atoms with Gasteiger partial charge < -0.3 is 20.4 Å². The first-order valence-corrected chi connectivity index (χ1v) is 14.8. The molecule has 0 saturated carbocycles. The summed E-state index contributed by atoms with van der Waals surface area (Å²) < 4.78 is 5.40. The number of rotatable bonds is 9. The number of likely N-dealkylation sites (tertiary alicyclic amines) is 1. The van der Waals surface area contributed by atoms with Crippen LogP contribution in [-0.4, -0.2) is 29.8 Å². The number of nitrogens with one attached hydrogen (secondary N) is 3. The fourth-order valence-electron chi connectivity index (χ4n) is 5.80. The highest BCUT2D eigenvalue weighted by molar-refractivity contribution is 6.37. The number of hydrogen-bond acceptors (Lipinski definition) is 5. The molecule has 6 rings (SSSR count). The highest BCUT2D eigenvalue weighted by Gasteiger charge is 2.30. The topological polar surface area (TPSA) is 86.6 Å². The fraction of sp³-hybridized carbons (Fsp3) is 0.257. The van der Waals surface area contributed by atoms with Gasteiger partial charge in [0.15, 0.2) is 0 Å². The molecule has 1 atom stereocenters. The quantitative estimate of drug-likeness (QED) is 0.191. The largest absolute Gasteiger partial charge is 0.472 e. The van der Waals surface area contributed by atoms with Gasteiger partial charge in [-0.15, -0.1) is 0 Å². The molecule has 7 nitrogen and oxygen atoms in total. The monoisotopic (exact) mass is 560 g/mol. The van der Waals surface area contributed by atoms with Crippen LogP contribution in [0, 0.1) is 0 Å². The Morgan fingerprint density at radius 3 is 2.45 bits per heavy atom. The summed E-state index contributed by atoms with van der Waals surface area (Å²) in [5.41, 5.74) is 6.85. The number of piperidine rings is 1. The minimum absolute atomic E-state index is 0.109. The van der Waals surface area contributed by atoms with Crippen LogP contribution in [0.3, 0.4) is 0 Å². The summed E-state index contributed by atoms with van der Waals surface area (Å²) in [7, 11) is 0. The summed E-state index contributed by atoms with van der Waals surface area (Å²) in [6, 6.07) is 25.4. The van der Waals surface area contributed by atoms with Crippen LogP contribution in [0.15, 0.2) is 95.8 Å². The van der Waals surface area contributed by atoms with E-state index < -0.39 is 0 Å². The molecular formula is C35H36N4O3. The van der Waals surface area contributed by atoms with Crippen molar-refractivity contribution in [2.24, 2.45) is 0 Å². The van der Waals surface area contributed by atoms with Crippen molar-refractivity contribution in [2.45, 2.75) is 45.2 Å². The third kappa shape index (κ3) is 6.02. The van der Waals surface area contributed by atoms with E-state index in [1.54, 1.807) is 30.7 Å². The lowest BCUT2D eigenvalue weighted by Gasteiger charge is -2.26. The maximum absolute atomic E-state index is 13.4. The lowest BCUT2D eigenvalue weighted by molar-refractivity contribution is -0.110. The second-order valence-electron chi connectivity index (χ2n) is 11.0. The van der Waals surface area contributed by atoms with E-state index in [0.29, 0.717) is 28.1 Å². The Kier molecular flexibility index (Phi) is 8.19. The van der Waals surface area contributed by atoms with E-state index in [0.717, 1.165) is 42.9 Å². The highest BCUT2D eigenvalue weighted by atomic mass is 16.3. The van der Waals surface area contributed by atoms with Gasteiger partial charge in [0, 0.05) is 34.6 Å². The zero-order valence-electron chi connectivity index (χ0n) is 23.9. The Bertz CT molecular complexity index is 1570. The van der Waals surface area contributed by atoms with Crippen molar-refractivity contribution in [1.82, 2.24) is 10.2 Å². The Balaban J connectivity index is 1.29. The predicted molar refractivity (Wildman–Crippen MR) is 167 cm³/mol. The number of carbonyl (C=O) groups excluding carboxylic acids is 2. The third-order valence-corrected chi connectivity index (χ3v) is 8.08. The molecule has 214 valence electrons. The van der Waals surface area contributed by atoms with Crippen LogP contribution in [-0.2, 0) is 11.3 Å². The van der Waals surface area contributed by atoms with Gasteiger partial charge in [0.05, 0.1) is 29.8 Å². The minimum Gasteiger partial charge on any atom is -0.472 e. The molecule has 2 aliphatic rings. The van der Waals surface area contributed by atoms with Crippen molar-refractivity contribution >= 4 is 34.5 Å². The smallest absolute Gasteiger partial charge is 0.258 e. The summed E-state index contributed by atoms with van der Waals surface area (Å²) >= 11 is 0. The Hall–Kier alpha value is -4.62. The molecule has 0 aliphatic carbocycles. The van der Waals surface area contributed by atoms with E-state index in [1.165, 1.54) is 24.8 Å². The SMILES string of the molecule is CC[C@@H](NC(=O)c1ccc2c(c1)/C(=C(/Nc1ccc(CN3CCCCC3)cc1)c1ccoc1)C(=O)N2)c1ccccc1. The van der Waals surface area contributed by atoms with E-state index >= 15 is 0 Å². The van der Waals surface area contributed by atoms with Crippen LogP contribution < -0.4 is 16.0 Å². The number of benzene rings is 3. The molecule has 1 fully saturated rings. The van der Waals surface area contributed by atoms with Crippen molar-refractivity contribution < 1.29 is 14.0 Å². The summed E-state index contributed by atoms with van der Waals surface area (Å²) in [5.74, 6) is -0.419. The first-order chi connectivity index (χ1) is 20.6. The van der Waals surface area contributed by atoms with Crippen LogP contribution in [0.1, 0.15) is 71.3 Å². The number of hydrogen-bond donors (Lipinski definition) is 3. The maximum Gasteiger partial charge on any atom is 0.258 e. The fourth-order valence-corrected chi connectivity index (χ4v) is 5.80. The lowest BCUT2D eigenvalue weighted by Crippen LogP contribution is -2.29. The van der Waals surface area contributed by atoms with Crippen molar-refractivity contribution in [2.75, 3.05) is 23.7 Å². The first kappa shape index (κ1) is 27.5. The molecular weight excluding hydrogens is 524 g/mol. The molecule has 0 radical (unpaired) electrons. The molecule has 1 aromatic heterocycles. The van der Waals surface area contributed by atoms with Crippen molar-refractivity contribution in [3.63, 3.8) is 0 Å². The van der Waals surface area contributed by atoms with Crippen LogP contribution >= 0.6 is 0 Å². The van der Waals surface area contributed by atoms with Gasteiger partial charge in [0.2, 0.25) is 0 Å². The Morgan fingerprint density at radius 1 is 0.952 bits per heavy atom. The highest BCUT2D eigenvalue weighted by Crippen LogP contribution is 2.38. The molecule has 2 amide bonds. The van der Waals surface area contributed by atoms with Crippen LogP contribution in [0.2, 0.25) is 0 Å². The van der Waals surface area contributed by atoms with E-state index in [1.807, 2.05) is 55.5 Å². The van der Waals surface area contributed by atoms with Gasteiger partial charge in [-0.1, -0.05) is 55.8 Å². The molecule has 3 aromatic carbocycles. The zero-order chi connectivity index (χ0) is 28.9. The number of furan rings is 1. The van der Waals surface area contributed by atoms with Crippen molar-refractivity contribution in [3.05, 3.63) is 119 Å². The van der Waals surface area contributed by atoms with Crippen molar-refractivity contribution in [1.29, 1.82) is 0 Å². The van der Waals surface area contributed by atoms with Crippen molar-refractivity contribution in [3.8, 4) is 0 Å². The van der Waals surface area contributed by atoms with Gasteiger partial charge in [-0.25, -0.2) is 0 Å². The van der Waals surface area contributed by atoms with E-state index in [2.05, 4.69) is 33.0 Å². The molecule has 0 unspecified atom stereocenters. The Morgan fingerprint density at radius 2 is 1.74 bits per heavy atom. The molecule has 42 heavy (non-hydrogen) atoms. The first-order valence-electron chi connectivity index (χ1n) is 14.8. The normalized spacial score (nSPS) is 16.8. The van der Waals surface area contributed by atoms with Gasteiger partial charge in [-0.3, -0.25) is 14.5 Å². The van der Waals surface area contributed by atoms with Gasteiger partial charge in [-0.2, -0.15) is 0 Å². The van der Waals surface area contributed by atoms with Gasteiger partial charge >= 0.3 is 0 Å². The maximum atomic E-state index is 13.4. The molecule has 0 spiro atoms. The molecule has 2 aliphatic heterocycles. The van der Waals surface area contributed by atoms with Gasteiger partial charge in [0.1, 0.15) is 0 Å². The number of nitrogens with zero attached hydrogens (tertiary/aromatic N) is 1. The van der Waals surface area contributed by atoms with E-state index in [-0.39, 0.29) is 17.9 Å². The van der Waals surface area contributed by atoms with Crippen LogP contribution in [0.25, 0.3) is 11.3 Å².